The molecule has 0 N–H and O–H groups in total. The van der Waals surface area contributed by atoms with Crippen molar-refractivity contribution in [2.45, 2.75) is 0 Å². The van der Waals surface area contributed by atoms with Crippen molar-refractivity contribution in [1.29, 1.82) is 0 Å². The van der Waals surface area contributed by atoms with Crippen LogP contribution in [0.1, 0.15) is 0 Å². The van der Waals surface area contributed by atoms with E-state index in [1.54, 1.807) is 0 Å². The molecule has 0 fully saturated rings. The van der Waals surface area contributed by atoms with Gasteiger partial charge in [-0.1, -0.05) is 206 Å². The normalized spacial score (nSPS) is 11.3. The highest BCUT2D eigenvalue weighted by atomic mass is 15.1. The second-order valence-electron chi connectivity index (χ2n) is 16.9. The number of hydrogen-bond donors (Lipinski definition) is 0. The van der Waals surface area contributed by atoms with Crippen molar-refractivity contribution in [2.24, 2.45) is 0 Å². The first-order chi connectivity index (χ1) is 32.7. The minimum atomic E-state index is 1.08. The van der Waals surface area contributed by atoms with Crippen molar-refractivity contribution in [2.75, 3.05) is 4.90 Å². The van der Waals surface area contributed by atoms with E-state index < -0.39 is 0 Å². The van der Waals surface area contributed by atoms with E-state index in [1.165, 1.54) is 82.6 Å². The maximum Gasteiger partial charge on any atom is 0.0619 e. The van der Waals surface area contributed by atoms with Crippen LogP contribution in [0.4, 0.5) is 17.1 Å². The van der Waals surface area contributed by atoms with E-state index >= 15 is 0 Å². The number of aromatic nitrogens is 1. The van der Waals surface area contributed by atoms with Crippen LogP contribution in [0, 0.1) is 0 Å². The van der Waals surface area contributed by atoms with E-state index in [-0.39, 0.29) is 0 Å². The lowest BCUT2D eigenvalue weighted by atomic mass is 9.96. The minimum Gasteiger partial charge on any atom is -0.310 e. The molecule has 0 unspecified atom stereocenters. The lowest BCUT2D eigenvalue weighted by molar-refractivity contribution is 1.18. The van der Waals surface area contributed by atoms with Crippen molar-refractivity contribution in [3.05, 3.63) is 267 Å². The summed E-state index contributed by atoms with van der Waals surface area (Å²) in [6, 6.07) is 96.8. The third-order valence-electron chi connectivity index (χ3n) is 13.0. The van der Waals surface area contributed by atoms with Crippen LogP contribution in [0.25, 0.3) is 93.9 Å². The SMILES string of the molecule is c1ccc(-c2ccc(-c3ccc(N(c4ccc(-c5ccc6ccccc6c5)cc4)c4cccc(-c5cccc6c5c5cccc(-c7ccccc7)c5n6-c5ccccc5)c4)cc3)cc2)cc1. The van der Waals surface area contributed by atoms with Crippen molar-refractivity contribution < 1.29 is 0 Å². The molecular weight excluding hydrogens is 797 g/mol. The first kappa shape index (κ1) is 38.9. The molecule has 1 heterocycles. The Bertz CT molecular complexity index is 3650. The molecule has 0 saturated heterocycles. The van der Waals surface area contributed by atoms with Gasteiger partial charge in [-0.2, -0.15) is 0 Å². The fourth-order valence-corrected chi connectivity index (χ4v) is 9.77. The fourth-order valence-electron chi connectivity index (χ4n) is 9.77. The molecule has 0 amide bonds. The highest BCUT2D eigenvalue weighted by Gasteiger charge is 2.21. The number of nitrogens with zero attached hydrogens (tertiary/aromatic N) is 2. The summed E-state index contributed by atoms with van der Waals surface area (Å²) in [4.78, 5) is 2.39. The Kier molecular flexibility index (Phi) is 9.89. The molecule has 0 aliphatic rings. The Labute approximate surface area is 385 Å². The summed E-state index contributed by atoms with van der Waals surface area (Å²) < 4.78 is 2.44. The van der Waals surface area contributed by atoms with Crippen LogP contribution in [0.3, 0.4) is 0 Å². The van der Waals surface area contributed by atoms with Crippen molar-refractivity contribution >= 4 is 49.6 Å². The summed E-state index contributed by atoms with van der Waals surface area (Å²) >= 11 is 0. The van der Waals surface area contributed by atoms with E-state index in [2.05, 4.69) is 276 Å². The van der Waals surface area contributed by atoms with Gasteiger partial charge in [0.2, 0.25) is 0 Å². The molecule has 0 aliphatic heterocycles. The Morgan fingerprint density at radius 1 is 0.273 bits per heavy atom. The summed E-state index contributed by atoms with van der Waals surface area (Å²) in [6.45, 7) is 0. The van der Waals surface area contributed by atoms with Gasteiger partial charge in [-0.15, -0.1) is 0 Å². The van der Waals surface area contributed by atoms with Gasteiger partial charge in [0, 0.05) is 39.1 Å². The lowest BCUT2D eigenvalue weighted by Gasteiger charge is -2.26. The van der Waals surface area contributed by atoms with Crippen LogP contribution in [0.15, 0.2) is 267 Å². The van der Waals surface area contributed by atoms with Crippen molar-refractivity contribution in [3.63, 3.8) is 0 Å². The molecule has 2 heteroatoms. The molecule has 12 rings (SSSR count). The van der Waals surface area contributed by atoms with E-state index in [0.29, 0.717) is 0 Å². The number of fused-ring (bicyclic) bond motifs is 4. The molecule has 0 atom stereocenters. The second kappa shape index (κ2) is 16.8. The molecule has 0 bridgehead atoms. The molecule has 310 valence electrons. The first-order valence-electron chi connectivity index (χ1n) is 22.7. The summed E-state index contributed by atoms with van der Waals surface area (Å²) in [5, 5.41) is 4.95. The van der Waals surface area contributed by atoms with Crippen LogP contribution < -0.4 is 4.90 Å². The molecule has 0 saturated carbocycles. The summed E-state index contributed by atoms with van der Waals surface area (Å²) in [6.07, 6.45) is 0. The molecular formula is C64H44N2. The smallest absolute Gasteiger partial charge is 0.0619 e. The molecule has 12 aromatic rings. The van der Waals surface area contributed by atoms with Gasteiger partial charge in [0.05, 0.1) is 11.0 Å². The zero-order valence-electron chi connectivity index (χ0n) is 36.3. The van der Waals surface area contributed by atoms with E-state index in [4.69, 9.17) is 0 Å². The number of anilines is 3. The molecule has 11 aromatic carbocycles. The van der Waals surface area contributed by atoms with Gasteiger partial charge < -0.3 is 9.47 Å². The number of hydrogen-bond acceptors (Lipinski definition) is 1. The van der Waals surface area contributed by atoms with Gasteiger partial charge in [0.25, 0.3) is 0 Å². The van der Waals surface area contributed by atoms with Crippen molar-refractivity contribution in [3.8, 4) is 61.3 Å². The zero-order chi connectivity index (χ0) is 43.8. The van der Waals surface area contributed by atoms with Crippen molar-refractivity contribution in [1.82, 2.24) is 4.57 Å². The lowest BCUT2D eigenvalue weighted by Crippen LogP contribution is -2.10. The predicted octanol–water partition coefficient (Wildman–Crippen LogP) is 17.7. The van der Waals surface area contributed by atoms with Gasteiger partial charge in [-0.05, 0) is 122 Å². The molecule has 66 heavy (non-hydrogen) atoms. The average Bonchev–Trinajstić information content (AvgIpc) is 3.75. The average molecular weight is 841 g/mol. The van der Waals surface area contributed by atoms with Crippen LogP contribution in [-0.2, 0) is 0 Å². The topological polar surface area (TPSA) is 8.17 Å². The van der Waals surface area contributed by atoms with E-state index in [1.807, 2.05) is 0 Å². The second-order valence-corrected chi connectivity index (χ2v) is 16.9. The summed E-state index contributed by atoms with van der Waals surface area (Å²) in [5.41, 5.74) is 18.7. The molecule has 1 aromatic heterocycles. The quantitative estimate of drug-likeness (QED) is 0.141. The van der Waals surface area contributed by atoms with Crippen LogP contribution in [0.5, 0.6) is 0 Å². The summed E-state index contributed by atoms with van der Waals surface area (Å²) in [7, 11) is 0. The highest BCUT2D eigenvalue weighted by molar-refractivity contribution is 6.19. The Hall–Kier alpha value is -8.72. The molecule has 2 nitrogen and oxygen atoms in total. The van der Waals surface area contributed by atoms with E-state index in [9.17, 15) is 0 Å². The summed E-state index contributed by atoms with van der Waals surface area (Å²) in [5.74, 6) is 0. The third kappa shape index (κ3) is 7.12. The molecule has 0 spiro atoms. The van der Waals surface area contributed by atoms with Gasteiger partial charge >= 0.3 is 0 Å². The zero-order valence-corrected chi connectivity index (χ0v) is 36.3. The number of rotatable bonds is 9. The maximum absolute atomic E-state index is 2.44. The highest BCUT2D eigenvalue weighted by Crippen LogP contribution is 2.44. The fraction of sp³-hybridized carbons (Fsp3) is 0. The van der Waals surface area contributed by atoms with Crippen LogP contribution in [0.2, 0.25) is 0 Å². The predicted molar refractivity (Wildman–Crippen MR) is 280 cm³/mol. The van der Waals surface area contributed by atoms with Gasteiger partial charge in [-0.3, -0.25) is 0 Å². The van der Waals surface area contributed by atoms with Crippen LogP contribution in [-0.4, -0.2) is 4.57 Å². The largest absolute Gasteiger partial charge is 0.310 e. The van der Waals surface area contributed by atoms with Crippen LogP contribution >= 0.6 is 0 Å². The maximum atomic E-state index is 2.44. The molecule has 0 radical (unpaired) electrons. The van der Waals surface area contributed by atoms with E-state index in [0.717, 1.165) is 28.3 Å². The third-order valence-corrected chi connectivity index (χ3v) is 13.0. The minimum absolute atomic E-state index is 1.08. The monoisotopic (exact) mass is 840 g/mol. The first-order valence-corrected chi connectivity index (χ1v) is 22.7. The molecule has 0 aliphatic carbocycles. The number of para-hydroxylation sites is 2. The van der Waals surface area contributed by atoms with Gasteiger partial charge in [0.1, 0.15) is 0 Å². The van der Waals surface area contributed by atoms with Gasteiger partial charge in [-0.25, -0.2) is 0 Å². The Balaban J connectivity index is 0.986. The Morgan fingerprint density at radius 2 is 0.758 bits per heavy atom. The van der Waals surface area contributed by atoms with Gasteiger partial charge in [0.15, 0.2) is 0 Å². The standard InChI is InChI=1S/C64H44N2/c1-4-15-45(16-5-1)47-29-31-48(32-30-47)49-35-39-56(40-36-49)65(57-41-37-50(38-42-57)53-34-33-46-17-10-11-20-52(46)43-53)58-24-12-21-54(44-58)59-25-14-28-62-63(59)61-27-13-26-60(51-18-6-2-7-19-51)64(61)66(62)55-22-8-3-9-23-55/h1-44H. The number of benzene rings is 11. The Morgan fingerprint density at radius 3 is 1.42 bits per heavy atom.